The van der Waals surface area contributed by atoms with Crippen molar-refractivity contribution in [3.63, 3.8) is 0 Å². The Labute approximate surface area is 116 Å². The monoisotopic (exact) mass is 258 g/mol. The van der Waals surface area contributed by atoms with Gasteiger partial charge in [0, 0.05) is 18.6 Å². The van der Waals surface area contributed by atoms with Crippen molar-refractivity contribution in [3.8, 4) is 0 Å². The Kier molecular flexibility index (Phi) is 4.19. The molecule has 0 spiro atoms. The van der Waals surface area contributed by atoms with Gasteiger partial charge < -0.3 is 11.1 Å². The summed E-state index contributed by atoms with van der Waals surface area (Å²) >= 11 is 0. The molecular formula is C17H26N2. The van der Waals surface area contributed by atoms with Crippen molar-refractivity contribution in [1.29, 1.82) is 0 Å². The van der Waals surface area contributed by atoms with Gasteiger partial charge in [-0.3, -0.25) is 0 Å². The zero-order chi connectivity index (χ0) is 13.1. The Morgan fingerprint density at radius 2 is 1.79 bits per heavy atom. The van der Waals surface area contributed by atoms with Gasteiger partial charge in [0.15, 0.2) is 0 Å². The van der Waals surface area contributed by atoms with Crippen molar-refractivity contribution in [3.05, 3.63) is 35.4 Å². The predicted molar refractivity (Wildman–Crippen MR) is 80.2 cm³/mol. The number of hydrogen-bond acceptors (Lipinski definition) is 2. The van der Waals surface area contributed by atoms with Gasteiger partial charge in [-0.1, -0.05) is 43.5 Å². The van der Waals surface area contributed by atoms with E-state index in [-0.39, 0.29) is 0 Å². The molecule has 0 radical (unpaired) electrons. The maximum Gasteiger partial charge on any atom is 0.0449 e. The summed E-state index contributed by atoms with van der Waals surface area (Å²) < 4.78 is 0. The highest BCUT2D eigenvalue weighted by molar-refractivity contribution is 5.35. The summed E-state index contributed by atoms with van der Waals surface area (Å²) in [7, 11) is 0. The van der Waals surface area contributed by atoms with E-state index in [1.807, 2.05) is 0 Å². The fourth-order valence-electron chi connectivity index (χ4n) is 3.43. The third kappa shape index (κ3) is 3.18. The summed E-state index contributed by atoms with van der Waals surface area (Å²) in [5, 5.41) is 3.82. The lowest BCUT2D eigenvalue weighted by Crippen LogP contribution is -2.38. The van der Waals surface area contributed by atoms with Crippen LogP contribution in [0.5, 0.6) is 0 Å². The average Bonchev–Trinajstić information content (AvgIpc) is 3.30. The quantitative estimate of drug-likeness (QED) is 0.848. The maximum absolute atomic E-state index is 6.05. The SMILES string of the molecule is NCC(NC1CCCCC1)c1ccccc1C1CC1. The molecule has 2 aliphatic rings. The molecule has 0 aliphatic heterocycles. The minimum Gasteiger partial charge on any atom is -0.329 e. The van der Waals surface area contributed by atoms with E-state index in [1.165, 1.54) is 50.5 Å². The lowest BCUT2D eigenvalue weighted by molar-refractivity contribution is 0.340. The number of benzene rings is 1. The number of nitrogens with one attached hydrogen (secondary N) is 1. The van der Waals surface area contributed by atoms with Crippen molar-refractivity contribution >= 4 is 0 Å². The molecule has 0 aromatic heterocycles. The van der Waals surface area contributed by atoms with Crippen LogP contribution in [-0.4, -0.2) is 12.6 Å². The van der Waals surface area contributed by atoms with E-state index in [4.69, 9.17) is 5.73 Å². The summed E-state index contributed by atoms with van der Waals surface area (Å²) in [6, 6.07) is 9.94. The highest BCUT2D eigenvalue weighted by Gasteiger charge is 2.28. The van der Waals surface area contributed by atoms with Gasteiger partial charge >= 0.3 is 0 Å². The molecule has 0 amide bonds. The Morgan fingerprint density at radius 3 is 2.47 bits per heavy atom. The highest BCUT2D eigenvalue weighted by Crippen LogP contribution is 2.43. The van der Waals surface area contributed by atoms with Crippen molar-refractivity contribution in [1.82, 2.24) is 5.32 Å². The van der Waals surface area contributed by atoms with E-state index in [1.54, 1.807) is 5.56 Å². The minimum absolute atomic E-state index is 0.347. The fraction of sp³-hybridized carbons (Fsp3) is 0.647. The summed E-state index contributed by atoms with van der Waals surface area (Å²) in [5.74, 6) is 0.804. The van der Waals surface area contributed by atoms with Crippen molar-refractivity contribution in [2.45, 2.75) is 62.9 Å². The summed E-state index contributed by atoms with van der Waals surface area (Å²) in [5.41, 5.74) is 9.05. The van der Waals surface area contributed by atoms with Gasteiger partial charge in [-0.25, -0.2) is 0 Å². The van der Waals surface area contributed by atoms with Crippen LogP contribution in [0.4, 0.5) is 0 Å². The Hall–Kier alpha value is -0.860. The lowest BCUT2D eigenvalue weighted by atomic mass is 9.92. The van der Waals surface area contributed by atoms with E-state index in [0.29, 0.717) is 18.6 Å². The van der Waals surface area contributed by atoms with Gasteiger partial charge in [0.1, 0.15) is 0 Å². The molecular weight excluding hydrogens is 232 g/mol. The van der Waals surface area contributed by atoms with Crippen LogP contribution in [0, 0.1) is 0 Å². The highest BCUT2D eigenvalue weighted by atomic mass is 15.0. The molecule has 1 unspecified atom stereocenters. The van der Waals surface area contributed by atoms with Crippen LogP contribution < -0.4 is 11.1 Å². The Morgan fingerprint density at radius 1 is 1.05 bits per heavy atom. The third-order valence-electron chi connectivity index (χ3n) is 4.67. The van der Waals surface area contributed by atoms with Crippen LogP contribution in [0.2, 0.25) is 0 Å². The minimum atomic E-state index is 0.347. The first-order chi connectivity index (χ1) is 9.38. The molecule has 2 nitrogen and oxygen atoms in total. The molecule has 0 heterocycles. The Bertz CT molecular complexity index is 405. The van der Waals surface area contributed by atoms with Gasteiger partial charge in [0.25, 0.3) is 0 Å². The normalized spacial score (nSPS) is 22.4. The molecule has 2 heteroatoms. The van der Waals surface area contributed by atoms with Crippen molar-refractivity contribution in [2.75, 3.05) is 6.54 Å². The van der Waals surface area contributed by atoms with E-state index >= 15 is 0 Å². The third-order valence-corrected chi connectivity index (χ3v) is 4.67. The van der Waals surface area contributed by atoms with Gasteiger partial charge in [-0.15, -0.1) is 0 Å². The predicted octanol–water partition coefficient (Wildman–Crippen LogP) is 3.49. The molecule has 1 aromatic carbocycles. The smallest absolute Gasteiger partial charge is 0.0449 e. The molecule has 0 saturated heterocycles. The van der Waals surface area contributed by atoms with Gasteiger partial charge in [-0.05, 0) is 42.7 Å². The number of nitrogens with two attached hydrogens (primary N) is 1. The second-order valence-electron chi connectivity index (χ2n) is 6.19. The number of hydrogen-bond donors (Lipinski definition) is 2. The molecule has 2 fully saturated rings. The first-order valence-corrected chi connectivity index (χ1v) is 7.93. The lowest BCUT2D eigenvalue weighted by Gasteiger charge is -2.29. The van der Waals surface area contributed by atoms with Crippen molar-refractivity contribution < 1.29 is 0 Å². The molecule has 104 valence electrons. The van der Waals surface area contributed by atoms with Gasteiger partial charge in [0.2, 0.25) is 0 Å². The molecule has 2 saturated carbocycles. The average molecular weight is 258 g/mol. The molecule has 19 heavy (non-hydrogen) atoms. The van der Waals surface area contributed by atoms with Gasteiger partial charge in [0.05, 0.1) is 0 Å². The van der Waals surface area contributed by atoms with E-state index in [2.05, 4.69) is 29.6 Å². The molecule has 3 N–H and O–H groups in total. The van der Waals surface area contributed by atoms with Crippen LogP contribution in [-0.2, 0) is 0 Å². The Balaban J connectivity index is 1.73. The van der Waals surface area contributed by atoms with Crippen molar-refractivity contribution in [2.24, 2.45) is 5.73 Å². The van der Waals surface area contributed by atoms with Crippen LogP contribution in [0.25, 0.3) is 0 Å². The second-order valence-corrected chi connectivity index (χ2v) is 6.19. The van der Waals surface area contributed by atoms with E-state index in [9.17, 15) is 0 Å². The largest absolute Gasteiger partial charge is 0.329 e. The summed E-state index contributed by atoms with van der Waals surface area (Å²) in [6.07, 6.45) is 9.52. The topological polar surface area (TPSA) is 38.0 Å². The van der Waals surface area contributed by atoms with Crippen LogP contribution >= 0.6 is 0 Å². The molecule has 1 atom stereocenters. The van der Waals surface area contributed by atoms with Crippen LogP contribution in [0.15, 0.2) is 24.3 Å². The van der Waals surface area contributed by atoms with E-state index < -0.39 is 0 Å². The fourth-order valence-corrected chi connectivity index (χ4v) is 3.43. The van der Waals surface area contributed by atoms with Crippen LogP contribution in [0.1, 0.15) is 68.0 Å². The molecule has 1 aromatic rings. The number of rotatable bonds is 5. The zero-order valence-corrected chi connectivity index (χ0v) is 11.8. The summed E-state index contributed by atoms with van der Waals surface area (Å²) in [4.78, 5) is 0. The van der Waals surface area contributed by atoms with Gasteiger partial charge in [-0.2, -0.15) is 0 Å². The zero-order valence-electron chi connectivity index (χ0n) is 11.8. The first-order valence-electron chi connectivity index (χ1n) is 7.93. The maximum atomic E-state index is 6.05. The van der Waals surface area contributed by atoms with E-state index in [0.717, 1.165) is 5.92 Å². The summed E-state index contributed by atoms with van der Waals surface area (Å²) in [6.45, 7) is 0.709. The molecule has 0 bridgehead atoms. The molecule has 3 rings (SSSR count). The molecule has 2 aliphatic carbocycles. The second kappa shape index (κ2) is 6.06. The first kappa shape index (κ1) is 13.1. The standard InChI is InChI=1S/C17H26N2/c18-12-17(19-14-6-2-1-3-7-14)16-9-5-4-8-15(16)13-10-11-13/h4-5,8-9,13-14,17,19H,1-3,6-7,10-12,18H2. The van der Waals surface area contributed by atoms with Crippen LogP contribution in [0.3, 0.4) is 0 Å².